The first-order valence-electron chi connectivity index (χ1n) is 32.4. The van der Waals surface area contributed by atoms with Crippen LogP contribution in [-0.4, -0.2) is 240 Å². The van der Waals surface area contributed by atoms with E-state index in [0.29, 0.717) is 32.1 Å². The van der Waals surface area contributed by atoms with Crippen molar-refractivity contribution in [1.29, 1.82) is 0 Å². The molecule has 9 atom stereocenters. The molecule has 2 aliphatic carbocycles. The van der Waals surface area contributed by atoms with Crippen molar-refractivity contribution >= 4 is 76.6 Å². The molecule has 11 amide bonds. The van der Waals surface area contributed by atoms with E-state index in [4.69, 9.17) is 11.6 Å². The molecule has 0 radical (unpaired) electrons. The highest BCUT2D eigenvalue weighted by atomic mass is 35.5. The van der Waals surface area contributed by atoms with Crippen LogP contribution >= 0.6 is 11.6 Å². The second kappa shape index (κ2) is 35.3. The summed E-state index contributed by atoms with van der Waals surface area (Å²) in [7, 11) is 11.3. The molecule has 1 saturated heterocycles. The number of alkyl halides is 4. The summed E-state index contributed by atoms with van der Waals surface area (Å²) in [6.07, 6.45) is -0.535. The van der Waals surface area contributed by atoms with Crippen LogP contribution in [0.5, 0.6) is 0 Å². The Morgan fingerprint density at radius 1 is 0.511 bits per heavy atom. The van der Waals surface area contributed by atoms with Gasteiger partial charge in [-0.3, -0.25) is 52.7 Å². The van der Waals surface area contributed by atoms with Gasteiger partial charge in [-0.05, 0) is 133 Å². The van der Waals surface area contributed by atoms with Crippen molar-refractivity contribution in [3.05, 3.63) is 0 Å². The molecule has 3 N–H and O–H groups in total. The number of likely N-dealkylation sites (N-methyl/N-ethyl adjacent to an activating group) is 8. The Hall–Kier alpha value is -5.75. The van der Waals surface area contributed by atoms with Gasteiger partial charge in [0.05, 0.1) is 25.6 Å². The topological polar surface area (TPSA) is 250 Å². The van der Waals surface area contributed by atoms with E-state index in [9.17, 15) is 56.3 Å². The van der Waals surface area contributed by atoms with Crippen molar-refractivity contribution in [1.82, 2.24) is 55.1 Å². The van der Waals surface area contributed by atoms with Gasteiger partial charge in [0.25, 0.3) is 0 Å². The minimum Gasteiger partial charge on any atom is -0.351 e. The van der Waals surface area contributed by atoms with E-state index in [-0.39, 0.29) is 93.3 Å². The van der Waals surface area contributed by atoms with Crippen molar-refractivity contribution in [3.63, 3.8) is 0 Å². The minimum atomic E-state index is -4.35. The highest BCUT2D eigenvalue weighted by Crippen LogP contribution is 2.41. The zero-order valence-electron chi connectivity index (χ0n) is 57.0. The normalized spacial score (nSPS) is 29.5. The molecule has 3 rings (SSSR count). The van der Waals surface area contributed by atoms with Crippen LogP contribution < -0.4 is 16.0 Å². The summed E-state index contributed by atoms with van der Waals surface area (Å²) in [6.45, 7) is 16.0. The Balaban J connectivity index is 2.20. The number of carbonyl (C=O) groups excluding carboxylic acids is 11. The molecular weight excluding hydrogens is 1190 g/mol. The predicted octanol–water partition coefficient (Wildman–Crippen LogP) is 5.53. The molecule has 0 aromatic rings. The molecule has 1 aliphatic heterocycles. The number of nitrogens with one attached hydrogen (secondary N) is 3. The Morgan fingerprint density at radius 2 is 1.03 bits per heavy atom. The van der Waals surface area contributed by atoms with E-state index in [1.54, 1.807) is 27.7 Å². The molecule has 0 bridgehead atoms. The van der Waals surface area contributed by atoms with Crippen LogP contribution in [0.2, 0.25) is 0 Å². The van der Waals surface area contributed by atoms with Gasteiger partial charge in [-0.2, -0.15) is 13.2 Å². The monoisotopic (exact) mass is 1300 g/mol. The largest absolute Gasteiger partial charge is 0.391 e. The molecule has 22 nitrogen and oxygen atoms in total. The molecule has 0 unspecified atom stereocenters. The average molecular weight is 1300 g/mol. The highest BCUT2D eigenvalue weighted by molar-refractivity contribution is 6.20. The number of rotatable bonds is 12. The van der Waals surface area contributed by atoms with Crippen molar-refractivity contribution in [3.8, 4) is 0 Å². The highest BCUT2D eigenvalue weighted by Gasteiger charge is 2.45. The van der Waals surface area contributed by atoms with Gasteiger partial charge >= 0.3 is 6.18 Å². The maximum absolute atomic E-state index is 15.1. The quantitative estimate of drug-likeness (QED) is 0.205. The molecule has 3 aliphatic rings. The van der Waals surface area contributed by atoms with Crippen LogP contribution in [0.4, 0.5) is 13.2 Å². The Bertz CT molecular complexity index is 2470. The van der Waals surface area contributed by atoms with Crippen LogP contribution in [-0.2, 0) is 52.7 Å². The maximum atomic E-state index is 15.1. The third kappa shape index (κ3) is 22.5. The van der Waals surface area contributed by atoms with Gasteiger partial charge in [-0.15, -0.1) is 11.6 Å². The summed E-state index contributed by atoms with van der Waals surface area (Å²) in [4.78, 5) is 168. The van der Waals surface area contributed by atoms with Gasteiger partial charge in [-0.25, -0.2) is 0 Å². The lowest BCUT2D eigenvalue weighted by molar-refractivity contribution is -0.184. The average Bonchev–Trinajstić information content (AvgIpc) is 0.859. The molecule has 1 heterocycles. The van der Waals surface area contributed by atoms with E-state index in [1.165, 1.54) is 87.8 Å². The number of amides is 11. The summed E-state index contributed by atoms with van der Waals surface area (Å²) >= 11 is 6.48. The van der Waals surface area contributed by atoms with E-state index in [0.717, 1.165) is 14.7 Å². The summed E-state index contributed by atoms with van der Waals surface area (Å²) in [5, 5.41) is 8.40. The van der Waals surface area contributed by atoms with Crippen molar-refractivity contribution in [2.75, 3.05) is 76.0 Å². The molecule has 26 heteroatoms. The van der Waals surface area contributed by atoms with E-state index < -0.39 is 157 Å². The van der Waals surface area contributed by atoms with Crippen LogP contribution in [0, 0.1) is 41.4 Å². The molecule has 0 aromatic carbocycles. The predicted molar refractivity (Wildman–Crippen MR) is 338 cm³/mol. The summed E-state index contributed by atoms with van der Waals surface area (Å²) in [5.41, 5.74) is 0. The SMILES string of the molecule is CC[C@H](C)[C@@H]1NC(=O)[C@H](C)N(C)C(=O)C[C@@H](C)NC(=O)[C@H](CC(C)C)N(C)C(=O)[C@H](C(C)C)N(C)C(=O)[C@H](CC(C)C)N(C)C(=O)[C@H](CCC2CCC(C(F)(F)F)CC2)NC(=O)CN(C)C(=O)[C@H](CC2CCC(Cl)CC2)N(C)C(=O)CN(C)C(=O)CN(C)C1=O. The first kappa shape index (κ1) is 78.5. The van der Waals surface area contributed by atoms with E-state index in [2.05, 4.69) is 16.0 Å². The van der Waals surface area contributed by atoms with Crippen molar-refractivity contribution in [2.24, 2.45) is 41.4 Å². The second-order valence-electron chi connectivity index (χ2n) is 27.5. The number of hydrogen-bond acceptors (Lipinski definition) is 11. The van der Waals surface area contributed by atoms with E-state index in [1.807, 2.05) is 34.6 Å². The van der Waals surface area contributed by atoms with Crippen LogP contribution in [0.25, 0.3) is 0 Å². The van der Waals surface area contributed by atoms with Crippen LogP contribution in [0.3, 0.4) is 0 Å². The van der Waals surface area contributed by atoms with E-state index >= 15 is 9.59 Å². The fourth-order valence-corrected chi connectivity index (χ4v) is 12.7. The van der Waals surface area contributed by atoms with Gasteiger partial charge in [0.15, 0.2) is 0 Å². The van der Waals surface area contributed by atoms with Gasteiger partial charge in [0.2, 0.25) is 65.0 Å². The molecule has 3 fully saturated rings. The number of hydrogen-bond donors (Lipinski definition) is 3. The van der Waals surface area contributed by atoms with Crippen LogP contribution in [0.15, 0.2) is 0 Å². The summed E-state index contributed by atoms with van der Waals surface area (Å²) in [5.74, 6) is -9.93. The Labute approximate surface area is 538 Å². The number of nitrogens with zero attached hydrogens (tertiary/aromatic N) is 8. The second-order valence-corrected chi connectivity index (χ2v) is 28.1. The first-order valence-corrected chi connectivity index (χ1v) is 32.8. The standard InChI is InChI=1S/C64H109ClF3N11O11/c1-19-40(8)55-62(89)74(13)35-53(82)72(11)36-54(83)76(15)50(33-44-22-27-46(65)28-23-44)60(87)73(12)34-51(80)70-47(29-24-43-20-25-45(26-21-43)64(66,67)68)59(86)78(17)49(31-38(4)5)61(88)79(18)56(39(6)7)63(90)77(16)48(30-37(2)3)58(85)69-41(9)32-52(81)75(14)42(10)57(84)71-55/h37-50,55-56H,19-36H2,1-18H3,(H,69,85)(H,70,80)(H,71,84)/t40-,41+,42-,43?,44?,45?,46?,47-,48-,49-,50-,55-,56-/m0/s1. The molecule has 0 spiro atoms. The van der Waals surface area contributed by atoms with Crippen molar-refractivity contribution < 1.29 is 65.9 Å². The lowest BCUT2D eigenvalue weighted by atomic mass is 9.79. The smallest absolute Gasteiger partial charge is 0.351 e. The Morgan fingerprint density at radius 3 is 1.57 bits per heavy atom. The number of halogens is 4. The molecule has 514 valence electrons. The van der Waals surface area contributed by atoms with Crippen molar-refractivity contribution in [2.45, 2.75) is 225 Å². The Kier molecular flexibility index (Phi) is 30.8. The zero-order valence-corrected chi connectivity index (χ0v) is 57.8. The molecule has 90 heavy (non-hydrogen) atoms. The number of carbonyl (C=O) groups is 11. The summed E-state index contributed by atoms with van der Waals surface area (Å²) < 4.78 is 41.3. The third-order valence-corrected chi connectivity index (χ3v) is 19.3. The van der Waals surface area contributed by atoms with Crippen LogP contribution in [0.1, 0.15) is 166 Å². The summed E-state index contributed by atoms with van der Waals surface area (Å²) in [6, 6.07) is -8.99. The molecular formula is C64H109ClF3N11O11. The fraction of sp³-hybridized carbons (Fsp3) is 0.828. The van der Waals surface area contributed by atoms with Gasteiger partial charge in [0, 0.05) is 74.2 Å². The minimum absolute atomic E-state index is 0.0273. The molecule has 2 saturated carbocycles. The fourth-order valence-electron chi connectivity index (χ4n) is 12.5. The first-order chi connectivity index (χ1) is 41.7. The lowest BCUT2D eigenvalue weighted by Gasteiger charge is -2.40. The van der Waals surface area contributed by atoms with Gasteiger partial charge in [0.1, 0.15) is 42.3 Å². The molecule has 0 aromatic heterocycles. The maximum Gasteiger partial charge on any atom is 0.391 e. The van der Waals surface area contributed by atoms with Gasteiger partial charge < -0.3 is 55.1 Å². The lowest BCUT2D eigenvalue weighted by Crippen LogP contribution is -2.61. The van der Waals surface area contributed by atoms with Gasteiger partial charge in [-0.1, -0.05) is 61.8 Å². The zero-order chi connectivity index (χ0) is 68.6. The third-order valence-electron chi connectivity index (χ3n) is 18.8.